The Balaban J connectivity index is 2.27. The Kier molecular flexibility index (Phi) is 3.58. The van der Waals surface area contributed by atoms with E-state index in [0.717, 1.165) is 0 Å². The molecule has 1 saturated heterocycles. The Labute approximate surface area is 81.4 Å². The molecular formula is C8H13N3O3. The lowest BCUT2D eigenvalue weighted by atomic mass is 10.3. The minimum atomic E-state index is -0.288. The Hall–Kier alpha value is -1.43. The summed E-state index contributed by atoms with van der Waals surface area (Å²) in [5.74, 6) is 4.29. The number of likely N-dealkylation sites (tertiary alicyclic amines) is 1. The molecule has 0 aromatic heterocycles. The van der Waals surface area contributed by atoms with E-state index in [2.05, 4.69) is 0 Å². The third-order valence-electron chi connectivity index (χ3n) is 2.10. The van der Waals surface area contributed by atoms with E-state index < -0.39 is 0 Å². The predicted molar refractivity (Wildman–Crippen MR) is 47.5 cm³/mol. The monoisotopic (exact) mass is 199 g/mol. The lowest BCUT2D eigenvalue weighted by Gasteiger charge is -2.12. The molecule has 0 radical (unpaired) electrons. The normalized spacial score (nSPS) is 16.2. The summed E-state index contributed by atoms with van der Waals surface area (Å²) >= 11 is 0. The summed E-state index contributed by atoms with van der Waals surface area (Å²) in [7, 11) is 0. The fraction of sp³-hybridized carbons (Fsp3) is 0.625. The first-order chi connectivity index (χ1) is 6.65. The summed E-state index contributed by atoms with van der Waals surface area (Å²) < 4.78 is 0. The van der Waals surface area contributed by atoms with Crippen molar-refractivity contribution >= 4 is 17.7 Å². The number of nitrogens with zero attached hydrogens (tertiary/aromatic N) is 1. The molecule has 3 amide bonds. The van der Waals surface area contributed by atoms with Crippen molar-refractivity contribution in [2.45, 2.75) is 25.7 Å². The number of nitrogens with one attached hydrogen (secondary N) is 1. The SMILES string of the molecule is NNC(=O)CCCN1C(=O)CCC1=O. The molecule has 3 N–H and O–H groups in total. The van der Waals surface area contributed by atoms with Gasteiger partial charge in [-0.2, -0.15) is 0 Å². The van der Waals surface area contributed by atoms with Gasteiger partial charge in [0.05, 0.1) is 0 Å². The van der Waals surface area contributed by atoms with Gasteiger partial charge in [-0.05, 0) is 6.42 Å². The number of hydrogen-bond donors (Lipinski definition) is 2. The Morgan fingerprint density at radius 2 is 1.93 bits per heavy atom. The van der Waals surface area contributed by atoms with Crippen molar-refractivity contribution in [2.75, 3.05) is 6.54 Å². The second-order valence-corrected chi connectivity index (χ2v) is 3.11. The summed E-state index contributed by atoms with van der Waals surface area (Å²) in [5.41, 5.74) is 1.99. The highest BCUT2D eigenvalue weighted by Crippen LogP contribution is 2.12. The van der Waals surface area contributed by atoms with Gasteiger partial charge in [-0.15, -0.1) is 0 Å². The van der Waals surface area contributed by atoms with E-state index >= 15 is 0 Å². The standard InChI is InChI=1S/C8H13N3O3/c9-10-6(12)2-1-5-11-7(13)3-4-8(11)14/h1-5,9H2,(H,10,12). The van der Waals surface area contributed by atoms with Crippen molar-refractivity contribution in [3.8, 4) is 0 Å². The van der Waals surface area contributed by atoms with Crippen LogP contribution in [-0.4, -0.2) is 29.2 Å². The maximum absolute atomic E-state index is 11.1. The molecule has 1 aliphatic rings. The zero-order chi connectivity index (χ0) is 10.6. The van der Waals surface area contributed by atoms with E-state index in [0.29, 0.717) is 25.8 Å². The zero-order valence-corrected chi connectivity index (χ0v) is 7.78. The van der Waals surface area contributed by atoms with Gasteiger partial charge < -0.3 is 0 Å². The molecule has 1 aliphatic heterocycles. The number of carbonyl (C=O) groups excluding carboxylic acids is 3. The summed E-state index contributed by atoms with van der Waals surface area (Å²) in [5, 5.41) is 0. The smallest absolute Gasteiger partial charge is 0.233 e. The highest BCUT2D eigenvalue weighted by molar-refractivity contribution is 6.01. The van der Waals surface area contributed by atoms with Gasteiger partial charge in [0.25, 0.3) is 0 Å². The van der Waals surface area contributed by atoms with Gasteiger partial charge in [0.2, 0.25) is 17.7 Å². The van der Waals surface area contributed by atoms with Gasteiger partial charge in [-0.25, -0.2) is 5.84 Å². The average Bonchev–Trinajstić information content (AvgIpc) is 2.48. The van der Waals surface area contributed by atoms with Gasteiger partial charge in [0, 0.05) is 25.8 Å². The number of carbonyl (C=O) groups is 3. The van der Waals surface area contributed by atoms with Crippen molar-refractivity contribution in [2.24, 2.45) is 5.84 Å². The molecule has 0 aromatic rings. The number of amides is 3. The molecule has 78 valence electrons. The van der Waals surface area contributed by atoms with Crippen molar-refractivity contribution in [3.63, 3.8) is 0 Å². The van der Waals surface area contributed by atoms with Crippen LogP contribution in [0.5, 0.6) is 0 Å². The Morgan fingerprint density at radius 3 is 2.43 bits per heavy atom. The molecule has 6 heteroatoms. The third-order valence-corrected chi connectivity index (χ3v) is 2.10. The molecular weight excluding hydrogens is 186 g/mol. The van der Waals surface area contributed by atoms with Gasteiger partial charge in [-0.3, -0.25) is 24.7 Å². The van der Waals surface area contributed by atoms with Crippen LogP contribution in [0.1, 0.15) is 25.7 Å². The highest BCUT2D eigenvalue weighted by atomic mass is 16.2. The van der Waals surface area contributed by atoms with Crippen LogP contribution < -0.4 is 11.3 Å². The summed E-state index contributed by atoms with van der Waals surface area (Å²) in [6.07, 6.45) is 1.28. The summed E-state index contributed by atoms with van der Waals surface area (Å²) in [6, 6.07) is 0. The third kappa shape index (κ3) is 2.53. The highest BCUT2D eigenvalue weighted by Gasteiger charge is 2.27. The van der Waals surface area contributed by atoms with Gasteiger partial charge in [-0.1, -0.05) is 0 Å². The van der Waals surface area contributed by atoms with Crippen LogP contribution in [0.15, 0.2) is 0 Å². The van der Waals surface area contributed by atoms with E-state index in [4.69, 9.17) is 5.84 Å². The minimum Gasteiger partial charge on any atom is -0.294 e. The quantitative estimate of drug-likeness (QED) is 0.260. The topological polar surface area (TPSA) is 92.5 Å². The lowest BCUT2D eigenvalue weighted by molar-refractivity contribution is -0.138. The molecule has 6 nitrogen and oxygen atoms in total. The number of nitrogens with two attached hydrogens (primary N) is 1. The van der Waals surface area contributed by atoms with Crippen LogP contribution in [0.3, 0.4) is 0 Å². The number of imide groups is 1. The lowest BCUT2D eigenvalue weighted by Crippen LogP contribution is -2.33. The number of hydrazine groups is 1. The molecule has 0 saturated carbocycles. The molecule has 1 heterocycles. The van der Waals surface area contributed by atoms with Crippen LogP contribution in [0, 0.1) is 0 Å². The van der Waals surface area contributed by atoms with Crippen LogP contribution in [0.25, 0.3) is 0 Å². The first kappa shape index (κ1) is 10.6. The molecule has 1 rings (SSSR count). The molecule has 1 fully saturated rings. The second-order valence-electron chi connectivity index (χ2n) is 3.11. The molecule has 0 aromatic carbocycles. The van der Waals surface area contributed by atoms with Crippen molar-refractivity contribution < 1.29 is 14.4 Å². The maximum Gasteiger partial charge on any atom is 0.233 e. The molecule has 14 heavy (non-hydrogen) atoms. The van der Waals surface area contributed by atoms with Crippen LogP contribution in [0.4, 0.5) is 0 Å². The van der Waals surface area contributed by atoms with Crippen molar-refractivity contribution in [1.82, 2.24) is 10.3 Å². The Bertz CT molecular complexity index is 249. The van der Waals surface area contributed by atoms with E-state index in [9.17, 15) is 14.4 Å². The average molecular weight is 199 g/mol. The largest absolute Gasteiger partial charge is 0.294 e. The number of rotatable bonds is 4. The summed E-state index contributed by atoms with van der Waals surface area (Å²) in [6.45, 7) is 0.311. The van der Waals surface area contributed by atoms with Crippen LogP contribution in [0.2, 0.25) is 0 Å². The molecule has 0 spiro atoms. The van der Waals surface area contributed by atoms with Crippen LogP contribution in [-0.2, 0) is 14.4 Å². The fourth-order valence-corrected chi connectivity index (χ4v) is 1.34. The first-order valence-electron chi connectivity index (χ1n) is 4.48. The van der Waals surface area contributed by atoms with Crippen LogP contribution >= 0.6 is 0 Å². The predicted octanol–water partition coefficient (Wildman–Crippen LogP) is -1.09. The zero-order valence-electron chi connectivity index (χ0n) is 7.78. The maximum atomic E-state index is 11.1. The Morgan fingerprint density at radius 1 is 1.36 bits per heavy atom. The number of hydrogen-bond acceptors (Lipinski definition) is 4. The summed E-state index contributed by atoms with van der Waals surface area (Å²) in [4.78, 5) is 34.1. The van der Waals surface area contributed by atoms with E-state index in [1.165, 1.54) is 4.90 Å². The minimum absolute atomic E-state index is 0.150. The van der Waals surface area contributed by atoms with Crippen molar-refractivity contribution in [3.05, 3.63) is 0 Å². The second kappa shape index (κ2) is 4.71. The molecule has 0 unspecified atom stereocenters. The van der Waals surface area contributed by atoms with E-state index in [-0.39, 0.29) is 24.1 Å². The fourth-order valence-electron chi connectivity index (χ4n) is 1.34. The van der Waals surface area contributed by atoms with Gasteiger partial charge >= 0.3 is 0 Å². The molecule has 0 atom stereocenters. The van der Waals surface area contributed by atoms with Gasteiger partial charge in [0.1, 0.15) is 0 Å². The molecule has 0 aliphatic carbocycles. The van der Waals surface area contributed by atoms with E-state index in [1.54, 1.807) is 0 Å². The van der Waals surface area contributed by atoms with Gasteiger partial charge in [0.15, 0.2) is 0 Å². The van der Waals surface area contributed by atoms with E-state index in [1.807, 2.05) is 5.43 Å². The molecule has 0 bridgehead atoms. The first-order valence-corrected chi connectivity index (χ1v) is 4.48. The van der Waals surface area contributed by atoms with Crippen molar-refractivity contribution in [1.29, 1.82) is 0 Å².